The van der Waals surface area contributed by atoms with E-state index in [9.17, 15) is 23.1 Å². The monoisotopic (exact) mass is 763 g/mol. The van der Waals surface area contributed by atoms with Gasteiger partial charge in [-0.1, -0.05) is 19.1 Å². The molecule has 15 nitrogen and oxygen atoms in total. The highest BCUT2D eigenvalue weighted by molar-refractivity contribution is 7.91. The number of aliphatic hydroxyl groups excluding tert-OH is 1. The van der Waals surface area contributed by atoms with E-state index in [2.05, 4.69) is 10.7 Å². The molecule has 3 aliphatic rings. The molecular formula is C37H53N3O12S. The zero-order valence-corrected chi connectivity index (χ0v) is 31.9. The first-order valence-electron chi connectivity index (χ1n) is 18.1. The molecule has 3 aliphatic heterocycles. The number of hydrogen-bond donors (Lipinski definition) is 3. The number of nitrogens with zero attached hydrogens (tertiary/aromatic N) is 1. The van der Waals surface area contributed by atoms with Gasteiger partial charge in [0, 0.05) is 19.2 Å². The van der Waals surface area contributed by atoms with E-state index < -0.39 is 58.1 Å². The number of unbranched alkanes of at least 4 members (excludes halogenated alkanes) is 1. The van der Waals surface area contributed by atoms with Gasteiger partial charge in [0.15, 0.2) is 27.6 Å². The van der Waals surface area contributed by atoms with Gasteiger partial charge in [-0.2, -0.15) is 0 Å². The first kappa shape index (κ1) is 40.4. The molecular weight excluding hydrogens is 710 g/mol. The van der Waals surface area contributed by atoms with Crippen molar-refractivity contribution in [3.05, 3.63) is 48.0 Å². The van der Waals surface area contributed by atoms with Crippen molar-refractivity contribution in [3.8, 4) is 17.2 Å². The Labute approximate surface area is 311 Å². The third kappa shape index (κ3) is 11.6. The van der Waals surface area contributed by atoms with Crippen LogP contribution in [-0.2, 0) is 35.2 Å². The molecule has 0 saturated carbocycles. The van der Waals surface area contributed by atoms with Crippen LogP contribution in [0.5, 0.6) is 17.2 Å². The van der Waals surface area contributed by atoms with Crippen molar-refractivity contribution < 1.29 is 56.3 Å². The Morgan fingerprint density at radius 2 is 1.79 bits per heavy atom. The maximum Gasteiger partial charge on any atom is 0.424 e. The topological polar surface area (TPSA) is 180 Å². The lowest BCUT2D eigenvalue weighted by Crippen LogP contribution is -2.56. The van der Waals surface area contributed by atoms with E-state index >= 15 is 0 Å². The van der Waals surface area contributed by atoms with Crippen molar-refractivity contribution in [1.82, 2.24) is 15.8 Å². The molecule has 3 heterocycles. The molecule has 2 fully saturated rings. The van der Waals surface area contributed by atoms with Gasteiger partial charge in [-0.25, -0.2) is 28.4 Å². The Kier molecular flexibility index (Phi) is 13.7. The summed E-state index contributed by atoms with van der Waals surface area (Å²) in [5.74, 6) is 0.780. The summed E-state index contributed by atoms with van der Waals surface area (Å²) in [5.41, 5.74) is 3.38. The van der Waals surface area contributed by atoms with E-state index in [-0.39, 0.29) is 42.9 Å². The summed E-state index contributed by atoms with van der Waals surface area (Å²) in [6.07, 6.45) is -0.689. The van der Waals surface area contributed by atoms with Gasteiger partial charge in [-0.3, -0.25) is 0 Å². The number of aliphatic hydroxyl groups is 1. The van der Waals surface area contributed by atoms with Gasteiger partial charge in [0.25, 0.3) is 0 Å². The molecule has 6 atom stereocenters. The second-order valence-corrected chi connectivity index (χ2v) is 16.8. The number of hydrazine groups is 1. The van der Waals surface area contributed by atoms with Crippen molar-refractivity contribution >= 4 is 22.0 Å². The third-order valence-corrected chi connectivity index (χ3v) is 11.0. The van der Waals surface area contributed by atoms with Gasteiger partial charge in [0.1, 0.15) is 17.5 Å². The molecule has 2 saturated heterocycles. The van der Waals surface area contributed by atoms with Gasteiger partial charge in [-0.05, 0) is 89.1 Å². The SMILES string of the molecule is CC(CNN(C(=O)O[C@H]1CO[C@H]2OCC[C@H]21)[C@@H](Cc1ccc(OCCCCNC(=O)OC(C)(C)C)cc1)[C@@H](C)O)CS(=O)(=O)c1ccc2c(c1)OCO2. The summed E-state index contributed by atoms with van der Waals surface area (Å²) >= 11 is 0. The van der Waals surface area contributed by atoms with Crippen molar-refractivity contribution in [2.75, 3.05) is 45.5 Å². The molecule has 5 rings (SSSR count). The number of hydrogen-bond acceptors (Lipinski definition) is 13. The zero-order chi connectivity index (χ0) is 38.2. The number of sulfone groups is 1. The van der Waals surface area contributed by atoms with Crippen LogP contribution in [0, 0.1) is 11.8 Å². The molecule has 0 radical (unpaired) electrons. The van der Waals surface area contributed by atoms with Crippen LogP contribution in [0.1, 0.15) is 59.4 Å². The number of fused-ring (bicyclic) bond motifs is 2. The van der Waals surface area contributed by atoms with Gasteiger partial charge >= 0.3 is 12.2 Å². The third-order valence-electron chi connectivity index (χ3n) is 9.02. The minimum absolute atomic E-state index is 0.0346. The lowest BCUT2D eigenvalue weighted by atomic mass is 10.0. The predicted molar refractivity (Wildman–Crippen MR) is 192 cm³/mol. The molecule has 2 aromatic rings. The first-order chi connectivity index (χ1) is 25.2. The zero-order valence-electron chi connectivity index (χ0n) is 31.1. The molecule has 0 aromatic heterocycles. The summed E-state index contributed by atoms with van der Waals surface area (Å²) in [6, 6.07) is 11.1. The Bertz CT molecular complexity index is 1630. The van der Waals surface area contributed by atoms with E-state index in [0.717, 1.165) is 18.4 Å². The molecule has 0 bridgehead atoms. The van der Waals surface area contributed by atoms with Crippen LogP contribution in [0.15, 0.2) is 47.4 Å². The molecule has 2 aromatic carbocycles. The fourth-order valence-electron chi connectivity index (χ4n) is 6.27. The van der Waals surface area contributed by atoms with Crippen molar-refractivity contribution in [1.29, 1.82) is 0 Å². The highest BCUT2D eigenvalue weighted by Gasteiger charge is 2.45. The normalized spacial score (nSPS) is 21.0. The second kappa shape index (κ2) is 18.0. The van der Waals surface area contributed by atoms with Crippen LogP contribution in [0.25, 0.3) is 0 Å². The van der Waals surface area contributed by atoms with Crippen LogP contribution in [-0.4, -0.2) is 106 Å². The molecule has 294 valence electrons. The van der Waals surface area contributed by atoms with E-state index in [1.165, 1.54) is 17.1 Å². The lowest BCUT2D eigenvalue weighted by molar-refractivity contribution is -0.0908. The van der Waals surface area contributed by atoms with Crippen LogP contribution in [0.3, 0.4) is 0 Å². The Morgan fingerprint density at radius 1 is 1.04 bits per heavy atom. The molecule has 0 spiro atoms. The summed E-state index contributed by atoms with van der Waals surface area (Å²) in [6.45, 7) is 10.6. The highest BCUT2D eigenvalue weighted by Crippen LogP contribution is 2.35. The molecule has 53 heavy (non-hydrogen) atoms. The molecule has 2 amide bonds. The van der Waals surface area contributed by atoms with Gasteiger partial charge in [0.05, 0.1) is 48.5 Å². The van der Waals surface area contributed by atoms with Gasteiger partial charge in [-0.15, -0.1) is 0 Å². The molecule has 1 unspecified atom stereocenters. The standard InChI is InChI=1S/C37H53N3O12S/c1-24(22-53(44,45)28-12-13-31-32(19-28)50-23-49-31)20-39-40(36(43)51-33-21-48-34-29(33)14-17-47-34)30(25(2)41)18-26-8-10-27(11-9-26)46-16-7-6-15-38-35(42)52-37(3,4)5/h8-13,19,24-25,29-30,33-34,39,41H,6-7,14-18,20-23H2,1-5H3,(H,38,42)/t24?,25-,29+,30+,33+,34-/m1/s1. The number of alkyl carbamates (subject to hydrolysis) is 1. The summed E-state index contributed by atoms with van der Waals surface area (Å²) in [4.78, 5) is 25.8. The van der Waals surface area contributed by atoms with Crippen LogP contribution < -0.4 is 25.0 Å². The molecule has 16 heteroatoms. The minimum atomic E-state index is -3.71. The number of carbonyl (C=O) groups excluding carboxylic acids is 2. The summed E-state index contributed by atoms with van der Waals surface area (Å²) in [5, 5.41) is 15.0. The maximum atomic E-state index is 13.8. The fourth-order valence-corrected chi connectivity index (χ4v) is 7.89. The first-order valence-corrected chi connectivity index (χ1v) is 19.8. The fraction of sp³-hybridized carbons (Fsp3) is 0.622. The second-order valence-electron chi connectivity index (χ2n) is 14.7. The summed E-state index contributed by atoms with van der Waals surface area (Å²) in [7, 11) is -3.71. The van der Waals surface area contributed by atoms with E-state index in [1.54, 1.807) is 19.9 Å². The average molecular weight is 764 g/mol. The Hall–Kier alpha value is -3.83. The maximum absolute atomic E-state index is 13.8. The van der Waals surface area contributed by atoms with Crippen LogP contribution in [0.4, 0.5) is 9.59 Å². The highest BCUT2D eigenvalue weighted by atomic mass is 32.2. The van der Waals surface area contributed by atoms with Crippen molar-refractivity contribution in [3.63, 3.8) is 0 Å². The predicted octanol–water partition coefficient (Wildman–Crippen LogP) is 4.21. The van der Waals surface area contributed by atoms with Crippen LogP contribution >= 0.6 is 0 Å². The van der Waals surface area contributed by atoms with Crippen molar-refractivity contribution in [2.24, 2.45) is 11.8 Å². The number of ether oxygens (including phenoxy) is 7. The Morgan fingerprint density at radius 3 is 2.53 bits per heavy atom. The van der Waals surface area contributed by atoms with Gasteiger partial charge < -0.3 is 43.6 Å². The number of nitrogens with one attached hydrogen (secondary N) is 2. The average Bonchev–Trinajstić information content (AvgIpc) is 3.84. The number of rotatable bonds is 17. The quantitative estimate of drug-likeness (QED) is 0.154. The van der Waals surface area contributed by atoms with Gasteiger partial charge in [0.2, 0.25) is 6.79 Å². The van der Waals surface area contributed by atoms with Crippen LogP contribution in [0.2, 0.25) is 0 Å². The number of carbonyl (C=O) groups is 2. The smallest absolute Gasteiger partial charge is 0.424 e. The largest absolute Gasteiger partial charge is 0.494 e. The lowest BCUT2D eigenvalue weighted by Gasteiger charge is -2.35. The minimum Gasteiger partial charge on any atom is -0.494 e. The Balaban J connectivity index is 1.19. The summed E-state index contributed by atoms with van der Waals surface area (Å²) < 4.78 is 65.6. The van der Waals surface area contributed by atoms with Crippen molar-refractivity contribution in [2.45, 2.75) is 95.3 Å². The number of benzene rings is 2. The molecule has 3 N–H and O–H groups in total. The number of amides is 2. The molecule has 0 aliphatic carbocycles. The van der Waals surface area contributed by atoms with E-state index in [0.29, 0.717) is 43.4 Å². The van der Waals surface area contributed by atoms with E-state index in [4.69, 9.17) is 33.2 Å². The van der Waals surface area contributed by atoms with E-state index in [1.807, 2.05) is 45.0 Å².